The lowest BCUT2D eigenvalue weighted by Crippen LogP contribution is -2.35. The van der Waals surface area contributed by atoms with Crippen molar-refractivity contribution in [2.45, 2.75) is 50.8 Å². The molecule has 0 saturated heterocycles. The zero-order valence-corrected chi connectivity index (χ0v) is 14.9. The monoisotopic (exact) mass is 326 g/mol. The lowest BCUT2D eigenvalue weighted by atomic mass is 9.71. The number of hydrogen-bond acceptors (Lipinski definition) is 4. The highest BCUT2D eigenvalue weighted by molar-refractivity contribution is 8.00. The van der Waals surface area contributed by atoms with E-state index >= 15 is 0 Å². The van der Waals surface area contributed by atoms with E-state index in [0.29, 0.717) is 5.78 Å². The largest absolute Gasteiger partial charge is 0.298 e. The zero-order chi connectivity index (χ0) is 16.4. The van der Waals surface area contributed by atoms with Gasteiger partial charge in [-0.1, -0.05) is 44.7 Å². The van der Waals surface area contributed by atoms with Crippen LogP contribution in [0.25, 0.3) is 11.0 Å². The molecular weight excluding hydrogens is 304 g/mol. The number of nitrogens with zero attached hydrogens (tertiary/aromatic N) is 2. The van der Waals surface area contributed by atoms with Crippen molar-refractivity contribution in [3.63, 3.8) is 0 Å². The second-order valence-corrected chi connectivity index (χ2v) is 8.83. The maximum atomic E-state index is 12.9. The SMILES string of the molecule is Cc1nc2ccccc2nc1S[C@@H]1C(=O)[C@H]2CC[C@]1(C)C2(C)C. The number of aryl methyl sites for hydroxylation is 1. The van der Waals surface area contributed by atoms with Crippen LogP contribution in [-0.2, 0) is 4.79 Å². The molecular formula is C19H22N2OS. The molecule has 2 bridgehead atoms. The molecule has 3 atom stereocenters. The summed E-state index contributed by atoms with van der Waals surface area (Å²) >= 11 is 1.64. The number of aromatic nitrogens is 2. The van der Waals surface area contributed by atoms with Gasteiger partial charge in [0.05, 0.1) is 22.0 Å². The normalized spacial score (nSPS) is 31.9. The minimum atomic E-state index is 0.00501. The summed E-state index contributed by atoms with van der Waals surface area (Å²) in [5.41, 5.74) is 2.88. The van der Waals surface area contributed by atoms with Crippen LogP contribution >= 0.6 is 11.8 Å². The molecule has 2 aliphatic rings. The van der Waals surface area contributed by atoms with Gasteiger partial charge in [-0.25, -0.2) is 9.97 Å². The summed E-state index contributed by atoms with van der Waals surface area (Å²) in [5, 5.41) is 0.914. The van der Waals surface area contributed by atoms with Crippen molar-refractivity contribution in [3.05, 3.63) is 30.0 Å². The number of para-hydroxylation sites is 2. The quantitative estimate of drug-likeness (QED) is 0.819. The molecule has 23 heavy (non-hydrogen) atoms. The molecule has 2 saturated carbocycles. The summed E-state index contributed by atoms with van der Waals surface area (Å²) in [5.74, 6) is 0.627. The molecule has 0 radical (unpaired) electrons. The van der Waals surface area contributed by atoms with Gasteiger partial charge in [-0.2, -0.15) is 0 Å². The van der Waals surface area contributed by atoms with Crippen LogP contribution in [0.3, 0.4) is 0 Å². The van der Waals surface area contributed by atoms with Crippen LogP contribution in [0, 0.1) is 23.7 Å². The molecule has 1 aromatic heterocycles. The Morgan fingerprint density at radius 2 is 1.78 bits per heavy atom. The summed E-state index contributed by atoms with van der Waals surface area (Å²) in [7, 11) is 0. The minimum Gasteiger partial charge on any atom is -0.298 e. The minimum absolute atomic E-state index is 0.00501. The van der Waals surface area contributed by atoms with Crippen LogP contribution in [0.5, 0.6) is 0 Å². The van der Waals surface area contributed by atoms with E-state index in [0.717, 1.165) is 34.6 Å². The van der Waals surface area contributed by atoms with Gasteiger partial charge in [-0.3, -0.25) is 4.79 Å². The van der Waals surface area contributed by atoms with Crippen molar-refractivity contribution in [1.82, 2.24) is 9.97 Å². The Hall–Kier alpha value is -1.42. The van der Waals surface area contributed by atoms with Crippen LogP contribution < -0.4 is 0 Å². The first-order valence-electron chi connectivity index (χ1n) is 8.28. The fourth-order valence-corrected chi connectivity index (χ4v) is 6.02. The molecule has 0 aliphatic heterocycles. The van der Waals surface area contributed by atoms with Gasteiger partial charge in [-0.05, 0) is 42.7 Å². The van der Waals surface area contributed by atoms with Gasteiger partial charge >= 0.3 is 0 Å². The fraction of sp³-hybridized carbons (Fsp3) is 0.526. The van der Waals surface area contributed by atoms with Gasteiger partial charge in [-0.15, -0.1) is 0 Å². The molecule has 2 fully saturated rings. The van der Waals surface area contributed by atoms with Gasteiger partial charge in [0.1, 0.15) is 10.8 Å². The Kier molecular flexibility index (Phi) is 3.15. The Bertz CT molecular complexity index is 816. The second kappa shape index (κ2) is 4.79. The fourth-order valence-electron chi connectivity index (χ4n) is 4.47. The van der Waals surface area contributed by atoms with E-state index in [9.17, 15) is 4.79 Å². The summed E-state index contributed by atoms with van der Waals surface area (Å²) in [6.07, 6.45) is 2.18. The molecule has 0 unspecified atom stereocenters. The van der Waals surface area contributed by atoms with Gasteiger partial charge in [0.2, 0.25) is 0 Å². The maximum absolute atomic E-state index is 12.9. The van der Waals surface area contributed by atoms with Crippen LogP contribution in [0.4, 0.5) is 0 Å². The first-order valence-corrected chi connectivity index (χ1v) is 9.16. The molecule has 0 N–H and O–H groups in total. The van der Waals surface area contributed by atoms with E-state index in [1.54, 1.807) is 11.8 Å². The zero-order valence-electron chi connectivity index (χ0n) is 14.1. The second-order valence-electron chi connectivity index (χ2n) is 7.73. The third-order valence-electron chi connectivity index (χ3n) is 6.41. The van der Waals surface area contributed by atoms with Crippen LogP contribution in [0.15, 0.2) is 29.3 Å². The van der Waals surface area contributed by atoms with Crippen molar-refractivity contribution in [1.29, 1.82) is 0 Å². The molecule has 0 amide bonds. The number of carbonyl (C=O) groups is 1. The predicted octanol–water partition coefficient (Wildman–Crippen LogP) is 4.42. The van der Waals surface area contributed by atoms with Crippen molar-refractivity contribution in [2.75, 3.05) is 0 Å². The smallest absolute Gasteiger partial charge is 0.150 e. The number of benzene rings is 1. The van der Waals surface area contributed by atoms with Gasteiger partial charge in [0.15, 0.2) is 0 Å². The summed E-state index contributed by atoms with van der Waals surface area (Å²) in [4.78, 5) is 22.4. The van der Waals surface area contributed by atoms with Crippen LogP contribution in [-0.4, -0.2) is 21.0 Å². The number of rotatable bonds is 2. The lowest BCUT2D eigenvalue weighted by Gasteiger charge is -2.37. The number of thioether (sulfide) groups is 1. The maximum Gasteiger partial charge on any atom is 0.150 e. The average molecular weight is 326 g/mol. The highest BCUT2D eigenvalue weighted by atomic mass is 32.2. The average Bonchev–Trinajstić information content (AvgIpc) is 2.81. The molecule has 1 heterocycles. The van der Waals surface area contributed by atoms with Crippen LogP contribution in [0.1, 0.15) is 39.3 Å². The van der Waals surface area contributed by atoms with E-state index < -0.39 is 0 Å². The number of carbonyl (C=O) groups excluding carboxylic acids is 1. The standard InChI is InChI=1S/C19H22N2OS/c1-11-17(21-14-8-6-5-7-13(14)20-11)23-16-15(22)12-9-10-19(16,4)18(12,2)3/h5-8,12,16H,9-10H2,1-4H3/t12-,16-,19+/m1/s1. The molecule has 0 spiro atoms. The number of ketones is 1. The highest BCUT2D eigenvalue weighted by Gasteiger charge is 2.66. The summed E-state index contributed by atoms with van der Waals surface area (Å²) in [6, 6.07) is 7.93. The van der Waals surface area contributed by atoms with Crippen LogP contribution in [0.2, 0.25) is 0 Å². The molecule has 2 aromatic rings. The van der Waals surface area contributed by atoms with E-state index in [1.807, 2.05) is 31.2 Å². The Balaban J connectivity index is 1.74. The van der Waals surface area contributed by atoms with E-state index in [1.165, 1.54) is 0 Å². The summed E-state index contributed by atoms with van der Waals surface area (Å²) in [6.45, 7) is 8.82. The lowest BCUT2D eigenvalue weighted by molar-refractivity contribution is -0.122. The number of hydrogen-bond donors (Lipinski definition) is 0. The number of fused-ring (bicyclic) bond motifs is 3. The van der Waals surface area contributed by atoms with Crippen molar-refractivity contribution in [2.24, 2.45) is 16.7 Å². The molecule has 4 heteroatoms. The number of Topliss-reactive ketones (excluding diaryl/α,β-unsaturated/α-hetero) is 1. The molecule has 120 valence electrons. The highest BCUT2D eigenvalue weighted by Crippen LogP contribution is 2.67. The molecule has 3 nitrogen and oxygen atoms in total. The van der Waals surface area contributed by atoms with Gasteiger partial charge in [0.25, 0.3) is 0 Å². The van der Waals surface area contributed by atoms with Crippen molar-refractivity contribution in [3.8, 4) is 0 Å². The predicted molar refractivity (Wildman–Crippen MR) is 93.5 cm³/mol. The van der Waals surface area contributed by atoms with E-state index in [4.69, 9.17) is 4.98 Å². The van der Waals surface area contributed by atoms with E-state index in [-0.39, 0.29) is 22.0 Å². The third kappa shape index (κ3) is 1.94. The van der Waals surface area contributed by atoms with Gasteiger partial charge in [0, 0.05) is 5.92 Å². The topological polar surface area (TPSA) is 42.9 Å². The first-order chi connectivity index (χ1) is 10.8. The third-order valence-corrected chi connectivity index (χ3v) is 8.01. The first kappa shape index (κ1) is 15.1. The molecule has 2 aliphatic carbocycles. The van der Waals surface area contributed by atoms with E-state index in [2.05, 4.69) is 25.8 Å². The molecule has 4 rings (SSSR count). The van der Waals surface area contributed by atoms with Crippen molar-refractivity contribution < 1.29 is 4.79 Å². The Morgan fingerprint density at radius 3 is 2.39 bits per heavy atom. The Morgan fingerprint density at radius 1 is 1.13 bits per heavy atom. The van der Waals surface area contributed by atoms with Crippen molar-refractivity contribution >= 4 is 28.6 Å². The Labute approximate surface area is 141 Å². The summed E-state index contributed by atoms with van der Waals surface area (Å²) < 4.78 is 0. The molecule has 1 aromatic carbocycles. The van der Waals surface area contributed by atoms with Gasteiger partial charge < -0.3 is 0 Å².